The molecule has 0 N–H and O–H groups in total. The van der Waals surface area contributed by atoms with E-state index in [1.165, 1.54) is 9.58 Å². The van der Waals surface area contributed by atoms with E-state index >= 15 is 0 Å². The van der Waals surface area contributed by atoms with Gasteiger partial charge in [0.1, 0.15) is 6.54 Å². The first kappa shape index (κ1) is 13.1. The summed E-state index contributed by atoms with van der Waals surface area (Å²) >= 11 is 0. The first-order chi connectivity index (χ1) is 9.08. The molecule has 0 bridgehead atoms. The van der Waals surface area contributed by atoms with Gasteiger partial charge >= 0.3 is 0 Å². The van der Waals surface area contributed by atoms with E-state index in [-0.39, 0.29) is 12.5 Å². The van der Waals surface area contributed by atoms with E-state index in [0.717, 1.165) is 5.56 Å². The van der Waals surface area contributed by atoms with Crippen LogP contribution in [0.1, 0.15) is 11.3 Å². The van der Waals surface area contributed by atoms with E-state index in [9.17, 15) is 9.90 Å². The van der Waals surface area contributed by atoms with E-state index in [1.807, 2.05) is 30.3 Å². The topological polar surface area (TPSA) is 73.3 Å². The molecule has 0 atom stereocenters. The number of nitrogens with zero attached hydrogens (tertiary/aromatic N) is 3. The summed E-state index contributed by atoms with van der Waals surface area (Å²) in [6.07, 6.45) is 0.306. The van der Waals surface area contributed by atoms with Crippen molar-refractivity contribution in [2.24, 2.45) is 7.05 Å². The molecule has 0 aliphatic heterocycles. The Bertz CT molecular complexity index is 546. The number of aryl methyl sites for hydroxylation is 1. The molecule has 100 valence electrons. The van der Waals surface area contributed by atoms with Crippen LogP contribution < -0.4 is 9.79 Å². The fourth-order valence-electron chi connectivity index (χ4n) is 1.72. The molecule has 19 heavy (non-hydrogen) atoms. The fourth-order valence-corrected chi connectivity index (χ4v) is 1.72. The van der Waals surface area contributed by atoms with Crippen LogP contribution in [0.5, 0.6) is 5.95 Å². The Morgan fingerprint density at radius 3 is 2.68 bits per heavy atom. The standard InChI is InChI=1S/C13H15N3O3/c1-15(9-11-13(18)19-14-16(11)2)12(17)8-10-6-4-3-5-7-10/h3-7H,8-9H2,1-2H3. The second-order valence-corrected chi connectivity index (χ2v) is 4.34. The molecule has 0 radical (unpaired) electrons. The predicted octanol–water partition coefficient (Wildman–Crippen LogP) is -0.226. The van der Waals surface area contributed by atoms with Crippen molar-refractivity contribution in [3.8, 4) is 5.95 Å². The van der Waals surface area contributed by atoms with Gasteiger partial charge in [-0.15, -0.1) is 0 Å². The van der Waals surface area contributed by atoms with Crippen LogP contribution in [0.15, 0.2) is 34.9 Å². The van der Waals surface area contributed by atoms with Gasteiger partial charge in [-0.3, -0.25) is 4.79 Å². The Morgan fingerprint density at radius 1 is 1.42 bits per heavy atom. The lowest BCUT2D eigenvalue weighted by atomic mass is 10.1. The normalized spacial score (nSPS) is 10.4. The van der Waals surface area contributed by atoms with Crippen molar-refractivity contribution in [3.05, 3.63) is 41.6 Å². The minimum Gasteiger partial charge on any atom is -0.539 e. The minimum absolute atomic E-state index is 0.0631. The zero-order valence-corrected chi connectivity index (χ0v) is 10.9. The summed E-state index contributed by atoms with van der Waals surface area (Å²) in [5.41, 5.74) is 1.29. The van der Waals surface area contributed by atoms with E-state index in [1.54, 1.807) is 14.1 Å². The highest BCUT2D eigenvalue weighted by Crippen LogP contribution is 2.10. The number of rotatable bonds is 4. The average Bonchev–Trinajstić information content (AvgIpc) is 2.71. The number of carbonyl (C=O) groups is 1. The van der Waals surface area contributed by atoms with Gasteiger partial charge in [-0.25, -0.2) is 0 Å². The first-order valence-corrected chi connectivity index (χ1v) is 5.87. The van der Waals surface area contributed by atoms with Gasteiger partial charge in [-0.05, 0) is 5.56 Å². The lowest BCUT2D eigenvalue weighted by Crippen LogP contribution is -2.39. The highest BCUT2D eigenvalue weighted by molar-refractivity contribution is 5.78. The zero-order valence-electron chi connectivity index (χ0n) is 10.9. The van der Waals surface area contributed by atoms with Crippen LogP contribution >= 0.6 is 0 Å². The van der Waals surface area contributed by atoms with E-state index < -0.39 is 5.95 Å². The zero-order chi connectivity index (χ0) is 13.8. The molecular formula is C13H15N3O3. The van der Waals surface area contributed by atoms with Crippen LogP contribution in [0.4, 0.5) is 0 Å². The van der Waals surface area contributed by atoms with Crippen molar-refractivity contribution in [3.63, 3.8) is 0 Å². The number of likely N-dealkylation sites (N-methyl/N-ethyl adjacent to an activating group) is 1. The van der Waals surface area contributed by atoms with Crippen molar-refractivity contribution in [2.45, 2.75) is 13.0 Å². The van der Waals surface area contributed by atoms with Crippen LogP contribution in [0, 0.1) is 0 Å². The van der Waals surface area contributed by atoms with Crippen LogP contribution in [0.25, 0.3) is 0 Å². The quantitative estimate of drug-likeness (QED) is 0.713. The Morgan fingerprint density at radius 2 is 2.11 bits per heavy atom. The van der Waals surface area contributed by atoms with Gasteiger partial charge in [-0.2, -0.15) is 0 Å². The number of carbonyl (C=O) groups excluding carboxylic acids is 1. The van der Waals surface area contributed by atoms with Crippen molar-refractivity contribution < 1.29 is 19.1 Å². The Balaban J connectivity index is 2.00. The van der Waals surface area contributed by atoms with Gasteiger partial charge in [0.05, 0.1) is 11.7 Å². The highest BCUT2D eigenvalue weighted by Gasteiger charge is 2.18. The minimum atomic E-state index is -0.512. The molecule has 0 unspecified atom stereocenters. The molecule has 0 aliphatic carbocycles. The monoisotopic (exact) mass is 261 g/mol. The molecule has 6 heteroatoms. The SMILES string of the molecule is CN(Cc1c([O-])on[n+]1C)C(=O)Cc1ccccc1. The Hall–Kier alpha value is -2.37. The van der Waals surface area contributed by atoms with Gasteiger partial charge in [-0.1, -0.05) is 35.0 Å². The molecule has 2 aromatic rings. The Labute approximate surface area is 110 Å². The summed E-state index contributed by atoms with van der Waals surface area (Å²) in [7, 11) is 3.26. The van der Waals surface area contributed by atoms with Gasteiger partial charge < -0.3 is 14.5 Å². The number of benzene rings is 1. The van der Waals surface area contributed by atoms with Crippen molar-refractivity contribution in [2.75, 3.05) is 7.05 Å². The maximum absolute atomic E-state index is 12.0. The summed E-state index contributed by atoms with van der Waals surface area (Å²) in [5.74, 6) is -0.575. The lowest BCUT2D eigenvalue weighted by Gasteiger charge is -2.15. The molecule has 0 aliphatic rings. The molecule has 1 amide bonds. The third-order valence-electron chi connectivity index (χ3n) is 2.88. The maximum Gasteiger partial charge on any atom is 0.252 e. The lowest BCUT2D eigenvalue weighted by molar-refractivity contribution is -0.746. The number of aromatic nitrogens is 2. The molecule has 1 aromatic heterocycles. The molecule has 6 nitrogen and oxygen atoms in total. The largest absolute Gasteiger partial charge is 0.539 e. The first-order valence-electron chi connectivity index (χ1n) is 5.87. The van der Waals surface area contributed by atoms with E-state index in [4.69, 9.17) is 0 Å². The molecule has 1 heterocycles. The number of hydrogen-bond donors (Lipinski definition) is 0. The molecule has 2 rings (SSSR count). The predicted molar refractivity (Wildman–Crippen MR) is 63.7 cm³/mol. The summed E-state index contributed by atoms with van der Waals surface area (Å²) in [6, 6.07) is 9.46. The second kappa shape index (κ2) is 5.51. The van der Waals surface area contributed by atoms with Gasteiger partial charge in [0.25, 0.3) is 5.69 Å². The second-order valence-electron chi connectivity index (χ2n) is 4.34. The molecular weight excluding hydrogens is 246 g/mol. The van der Waals surface area contributed by atoms with Crippen LogP contribution in [0.3, 0.4) is 0 Å². The average molecular weight is 261 g/mol. The van der Waals surface area contributed by atoms with Crippen molar-refractivity contribution in [1.82, 2.24) is 10.2 Å². The van der Waals surface area contributed by atoms with Gasteiger partial charge in [0, 0.05) is 7.05 Å². The highest BCUT2D eigenvalue weighted by atomic mass is 16.6. The fraction of sp³-hybridized carbons (Fsp3) is 0.308. The van der Waals surface area contributed by atoms with E-state index in [0.29, 0.717) is 12.1 Å². The Kier molecular flexibility index (Phi) is 3.79. The third kappa shape index (κ3) is 3.09. The summed E-state index contributed by atoms with van der Waals surface area (Å²) in [5, 5.41) is 14.9. The molecule has 0 saturated carbocycles. The van der Waals surface area contributed by atoms with Crippen LogP contribution in [0.2, 0.25) is 0 Å². The van der Waals surface area contributed by atoms with Gasteiger partial charge in [0.15, 0.2) is 13.0 Å². The van der Waals surface area contributed by atoms with E-state index in [2.05, 4.69) is 9.79 Å². The van der Waals surface area contributed by atoms with Crippen LogP contribution in [-0.2, 0) is 24.8 Å². The van der Waals surface area contributed by atoms with Crippen molar-refractivity contribution in [1.29, 1.82) is 0 Å². The molecule has 0 spiro atoms. The summed E-state index contributed by atoms with van der Waals surface area (Å²) in [6.45, 7) is 0.185. The summed E-state index contributed by atoms with van der Waals surface area (Å²) < 4.78 is 5.86. The smallest absolute Gasteiger partial charge is 0.252 e. The molecule has 0 fully saturated rings. The third-order valence-corrected chi connectivity index (χ3v) is 2.88. The molecule has 1 aromatic carbocycles. The van der Waals surface area contributed by atoms with Gasteiger partial charge in [0.2, 0.25) is 5.91 Å². The summed E-state index contributed by atoms with van der Waals surface area (Å²) in [4.78, 5) is 13.5. The number of amides is 1. The maximum atomic E-state index is 12.0. The van der Waals surface area contributed by atoms with Crippen molar-refractivity contribution >= 4 is 5.91 Å². The van der Waals surface area contributed by atoms with Crippen LogP contribution in [-0.4, -0.2) is 23.1 Å². The molecule has 0 saturated heterocycles. The number of hydrogen-bond acceptors (Lipinski definition) is 4.